The molecule has 0 saturated heterocycles. The summed E-state index contributed by atoms with van der Waals surface area (Å²) < 4.78 is 5.32. The predicted molar refractivity (Wildman–Crippen MR) is 99.8 cm³/mol. The van der Waals surface area contributed by atoms with Crippen LogP contribution in [0.1, 0.15) is 52.7 Å². The minimum absolute atomic E-state index is 0.0117. The molecular weight excluding hydrogens is 330 g/mol. The Kier molecular flexibility index (Phi) is 5.78. The van der Waals surface area contributed by atoms with Crippen LogP contribution in [0, 0.1) is 0 Å². The molecule has 2 aromatic carbocycles. The number of fused-ring (bicyclic) bond motifs is 1. The monoisotopic (exact) mass is 355 g/mol. The van der Waals surface area contributed by atoms with E-state index in [1.165, 1.54) is 0 Å². The smallest absolute Gasteiger partial charge is 0.342 e. The maximum atomic E-state index is 12.6. The number of unbranched alkanes of at least 4 members (excludes halogenated alkanes) is 1. The summed E-state index contributed by atoms with van der Waals surface area (Å²) in [5.41, 5.74) is 2.80. The molecule has 0 bridgehead atoms. The lowest BCUT2D eigenvalue weighted by Gasteiger charge is -2.21. The van der Waals surface area contributed by atoms with Gasteiger partial charge in [0.15, 0.2) is 11.5 Å². The van der Waals surface area contributed by atoms with Crippen LogP contribution in [0.3, 0.4) is 0 Å². The topological polar surface area (TPSA) is 78.8 Å². The van der Waals surface area contributed by atoms with E-state index in [-0.39, 0.29) is 23.0 Å². The molecule has 1 aliphatic heterocycles. The molecule has 26 heavy (non-hydrogen) atoms. The van der Waals surface area contributed by atoms with Crippen LogP contribution < -0.4 is 5.32 Å². The third kappa shape index (κ3) is 3.68. The first kappa shape index (κ1) is 18.3. The van der Waals surface area contributed by atoms with Gasteiger partial charge in [0, 0.05) is 12.5 Å². The minimum atomic E-state index is -0.572. The third-order valence-electron chi connectivity index (χ3n) is 4.83. The summed E-state index contributed by atoms with van der Waals surface area (Å²) in [4.78, 5) is 12.6. The van der Waals surface area contributed by atoms with Gasteiger partial charge in [-0.2, -0.15) is 0 Å². The van der Waals surface area contributed by atoms with Gasteiger partial charge < -0.3 is 20.3 Å². The number of carbonyl (C=O) groups is 1. The van der Waals surface area contributed by atoms with E-state index in [0.29, 0.717) is 26.1 Å². The van der Waals surface area contributed by atoms with Gasteiger partial charge in [-0.1, -0.05) is 43.7 Å². The number of phenolic OH excluding ortho intramolecular Hbond substituents is 2. The third-order valence-corrected chi connectivity index (χ3v) is 4.83. The molecule has 2 aromatic rings. The molecule has 0 saturated carbocycles. The Bertz CT molecular complexity index is 773. The zero-order valence-corrected chi connectivity index (χ0v) is 15.0. The number of benzene rings is 2. The fourth-order valence-electron chi connectivity index (χ4n) is 3.45. The number of ether oxygens (including phenoxy) is 1. The van der Waals surface area contributed by atoms with E-state index in [0.717, 1.165) is 29.5 Å². The number of carbonyl (C=O) groups excluding carboxylic acids is 1. The Morgan fingerprint density at radius 3 is 2.77 bits per heavy atom. The highest BCUT2D eigenvalue weighted by molar-refractivity contribution is 5.95. The molecule has 0 aliphatic carbocycles. The standard InChI is InChI=1S/C21H25NO4/c1-2-3-11-26-21(25)19-15-9-10-22-13-17(14-7-5-4-6-8-14)16(15)12-18(23)20(19)24/h4-8,12,17,22-24H,2-3,9-11,13H2,1H3. The lowest BCUT2D eigenvalue weighted by Crippen LogP contribution is -2.20. The van der Waals surface area contributed by atoms with Gasteiger partial charge in [0.2, 0.25) is 0 Å². The maximum Gasteiger partial charge on any atom is 0.342 e. The second-order valence-corrected chi connectivity index (χ2v) is 6.59. The van der Waals surface area contributed by atoms with Gasteiger partial charge in [-0.15, -0.1) is 0 Å². The SMILES string of the molecule is CCCCOC(=O)c1c(O)c(O)cc2c1CCNCC2c1ccccc1. The Morgan fingerprint density at radius 1 is 1.27 bits per heavy atom. The molecule has 5 heteroatoms. The van der Waals surface area contributed by atoms with Gasteiger partial charge in [0.05, 0.1) is 6.61 Å². The molecule has 1 aliphatic rings. The van der Waals surface area contributed by atoms with Gasteiger partial charge in [-0.25, -0.2) is 4.79 Å². The van der Waals surface area contributed by atoms with Crippen molar-refractivity contribution >= 4 is 5.97 Å². The van der Waals surface area contributed by atoms with E-state index < -0.39 is 5.97 Å². The first-order valence-corrected chi connectivity index (χ1v) is 9.14. The molecule has 1 atom stereocenters. The minimum Gasteiger partial charge on any atom is -0.504 e. The fraction of sp³-hybridized carbons (Fsp3) is 0.381. The highest BCUT2D eigenvalue weighted by Crippen LogP contribution is 2.40. The van der Waals surface area contributed by atoms with Crippen molar-refractivity contribution < 1.29 is 19.7 Å². The van der Waals surface area contributed by atoms with Crippen LogP contribution in [-0.4, -0.2) is 35.9 Å². The number of phenols is 2. The molecular formula is C21H25NO4. The van der Waals surface area contributed by atoms with E-state index in [1.807, 2.05) is 37.3 Å². The molecule has 0 fully saturated rings. The molecule has 5 nitrogen and oxygen atoms in total. The summed E-state index contributed by atoms with van der Waals surface area (Å²) in [6.07, 6.45) is 2.27. The average Bonchev–Trinajstić information content (AvgIpc) is 2.86. The summed E-state index contributed by atoms with van der Waals surface area (Å²) in [6.45, 7) is 3.71. The van der Waals surface area contributed by atoms with Crippen molar-refractivity contribution in [3.8, 4) is 11.5 Å². The Morgan fingerprint density at radius 2 is 2.04 bits per heavy atom. The Hall–Kier alpha value is -2.53. The Labute approximate surface area is 153 Å². The first-order valence-electron chi connectivity index (χ1n) is 9.14. The van der Waals surface area contributed by atoms with E-state index in [9.17, 15) is 15.0 Å². The maximum absolute atomic E-state index is 12.6. The van der Waals surface area contributed by atoms with E-state index in [1.54, 1.807) is 6.07 Å². The number of hydrogen-bond acceptors (Lipinski definition) is 5. The predicted octanol–water partition coefficient (Wildman–Crippen LogP) is 3.33. The van der Waals surface area contributed by atoms with Crippen LogP contribution in [0.15, 0.2) is 36.4 Å². The van der Waals surface area contributed by atoms with Crippen molar-refractivity contribution in [1.29, 1.82) is 0 Å². The second-order valence-electron chi connectivity index (χ2n) is 6.59. The van der Waals surface area contributed by atoms with E-state index in [4.69, 9.17) is 4.74 Å². The zero-order valence-electron chi connectivity index (χ0n) is 15.0. The molecule has 0 spiro atoms. The lowest BCUT2D eigenvalue weighted by molar-refractivity contribution is 0.0494. The molecule has 0 radical (unpaired) electrons. The normalized spacial score (nSPS) is 16.6. The number of hydrogen-bond donors (Lipinski definition) is 3. The summed E-state index contributed by atoms with van der Waals surface area (Å²) in [5.74, 6) is -1.26. The molecule has 138 valence electrons. The average molecular weight is 355 g/mol. The molecule has 3 rings (SSSR count). The van der Waals surface area contributed by atoms with Gasteiger partial charge in [-0.05, 0) is 42.1 Å². The van der Waals surface area contributed by atoms with Crippen LogP contribution in [0.5, 0.6) is 11.5 Å². The van der Waals surface area contributed by atoms with Gasteiger partial charge in [0.25, 0.3) is 0 Å². The molecule has 3 N–H and O–H groups in total. The number of esters is 1. The summed E-state index contributed by atoms with van der Waals surface area (Å²) in [5, 5.41) is 24.0. The quantitative estimate of drug-likeness (QED) is 0.436. The summed E-state index contributed by atoms with van der Waals surface area (Å²) in [6, 6.07) is 11.5. The number of aromatic hydroxyl groups is 2. The summed E-state index contributed by atoms with van der Waals surface area (Å²) in [7, 11) is 0. The number of nitrogens with one attached hydrogen (secondary N) is 1. The summed E-state index contributed by atoms with van der Waals surface area (Å²) >= 11 is 0. The van der Waals surface area contributed by atoms with E-state index >= 15 is 0 Å². The van der Waals surface area contributed by atoms with Gasteiger partial charge in [-0.3, -0.25) is 0 Å². The first-order chi connectivity index (χ1) is 12.6. The molecule has 0 amide bonds. The van der Waals surface area contributed by atoms with Crippen LogP contribution in [0.25, 0.3) is 0 Å². The van der Waals surface area contributed by atoms with Gasteiger partial charge in [0.1, 0.15) is 5.56 Å². The van der Waals surface area contributed by atoms with Crippen LogP contribution >= 0.6 is 0 Å². The fourth-order valence-corrected chi connectivity index (χ4v) is 3.45. The Balaban J connectivity index is 2.07. The molecule has 1 heterocycles. The van der Waals surface area contributed by atoms with Crippen molar-refractivity contribution in [3.63, 3.8) is 0 Å². The highest BCUT2D eigenvalue weighted by Gasteiger charge is 2.29. The van der Waals surface area contributed by atoms with Crippen molar-refractivity contribution in [3.05, 3.63) is 58.7 Å². The number of rotatable bonds is 5. The highest BCUT2D eigenvalue weighted by atomic mass is 16.5. The van der Waals surface area contributed by atoms with Crippen LogP contribution in [-0.2, 0) is 11.2 Å². The largest absolute Gasteiger partial charge is 0.504 e. The van der Waals surface area contributed by atoms with Crippen molar-refractivity contribution in [2.75, 3.05) is 19.7 Å². The zero-order chi connectivity index (χ0) is 18.5. The molecule has 1 unspecified atom stereocenters. The van der Waals surface area contributed by atoms with Crippen molar-refractivity contribution in [2.45, 2.75) is 32.1 Å². The lowest BCUT2D eigenvalue weighted by atomic mass is 9.85. The second kappa shape index (κ2) is 8.23. The van der Waals surface area contributed by atoms with Crippen LogP contribution in [0.4, 0.5) is 0 Å². The van der Waals surface area contributed by atoms with Crippen LogP contribution in [0.2, 0.25) is 0 Å². The van der Waals surface area contributed by atoms with E-state index in [2.05, 4.69) is 5.32 Å². The molecule has 0 aromatic heterocycles. The van der Waals surface area contributed by atoms with Crippen molar-refractivity contribution in [1.82, 2.24) is 5.32 Å². The van der Waals surface area contributed by atoms with Crippen molar-refractivity contribution in [2.24, 2.45) is 0 Å². The van der Waals surface area contributed by atoms with Gasteiger partial charge >= 0.3 is 5.97 Å².